The second-order valence-corrected chi connectivity index (χ2v) is 7.20. The number of hydrogen-bond donors (Lipinski definition) is 0. The molecular formula is C21H17F5N2O3. The van der Waals surface area contributed by atoms with Crippen molar-refractivity contribution in [2.45, 2.75) is 25.2 Å². The van der Waals surface area contributed by atoms with Crippen molar-refractivity contribution in [2.75, 3.05) is 13.1 Å². The van der Waals surface area contributed by atoms with Crippen LogP contribution >= 0.6 is 0 Å². The van der Waals surface area contributed by atoms with Gasteiger partial charge in [-0.3, -0.25) is 19.4 Å². The molecule has 164 valence electrons. The highest BCUT2D eigenvalue weighted by molar-refractivity contribution is 6.14. The molecule has 0 N–H and O–H groups in total. The fraction of sp³-hybridized carbons (Fsp3) is 0.286. The Kier molecular flexibility index (Phi) is 5.84. The summed E-state index contributed by atoms with van der Waals surface area (Å²) in [6.07, 6.45) is -1.00. The van der Waals surface area contributed by atoms with E-state index in [1.807, 2.05) is 0 Å². The molecule has 0 radical (unpaired) electrons. The first-order valence-electron chi connectivity index (χ1n) is 9.14. The van der Waals surface area contributed by atoms with Crippen molar-refractivity contribution in [3.63, 3.8) is 0 Å². The van der Waals surface area contributed by atoms with Crippen LogP contribution in [0.2, 0.25) is 0 Å². The van der Waals surface area contributed by atoms with Crippen LogP contribution < -0.4 is 0 Å². The summed E-state index contributed by atoms with van der Waals surface area (Å²) < 4.78 is 71.4. The highest BCUT2D eigenvalue weighted by atomic mass is 19.3. The number of rotatable bonds is 6. The minimum absolute atomic E-state index is 0.0655. The van der Waals surface area contributed by atoms with Crippen molar-refractivity contribution < 1.29 is 36.3 Å². The molecule has 3 rings (SSSR count). The quantitative estimate of drug-likeness (QED) is 0.500. The van der Waals surface area contributed by atoms with E-state index in [-0.39, 0.29) is 9.80 Å². The molecule has 0 aliphatic carbocycles. The Morgan fingerprint density at radius 3 is 1.55 bits per heavy atom. The molecule has 1 aliphatic heterocycles. The third-order valence-electron chi connectivity index (χ3n) is 4.82. The first-order chi connectivity index (χ1) is 14.4. The molecule has 0 spiro atoms. The van der Waals surface area contributed by atoms with E-state index in [1.54, 1.807) is 6.92 Å². The minimum atomic E-state index is -3.79. The number of hydrogen-bond acceptors (Lipinski definition) is 3. The monoisotopic (exact) mass is 440 g/mol. The minimum Gasteiger partial charge on any atom is -0.274 e. The van der Waals surface area contributed by atoms with Crippen molar-refractivity contribution >= 4 is 17.8 Å². The van der Waals surface area contributed by atoms with Crippen molar-refractivity contribution in [1.29, 1.82) is 0 Å². The van der Waals surface area contributed by atoms with Crippen LogP contribution in [0, 0.1) is 12.7 Å². The average Bonchev–Trinajstić information content (AvgIpc) is 2.69. The van der Waals surface area contributed by atoms with Crippen molar-refractivity contribution in [2.24, 2.45) is 0 Å². The highest BCUT2D eigenvalue weighted by Crippen LogP contribution is 2.33. The molecule has 31 heavy (non-hydrogen) atoms. The first kappa shape index (κ1) is 22.4. The van der Waals surface area contributed by atoms with Crippen molar-refractivity contribution in [1.82, 2.24) is 9.80 Å². The van der Waals surface area contributed by atoms with Gasteiger partial charge in [-0.05, 0) is 19.1 Å². The zero-order valence-corrected chi connectivity index (χ0v) is 16.2. The van der Waals surface area contributed by atoms with Gasteiger partial charge >= 0.3 is 6.03 Å². The van der Waals surface area contributed by atoms with Gasteiger partial charge in [-0.2, -0.15) is 17.6 Å². The maximum atomic E-state index is 14.7. The van der Waals surface area contributed by atoms with E-state index in [2.05, 4.69) is 0 Å². The largest absolute Gasteiger partial charge is 0.333 e. The molecule has 1 heterocycles. The number of aryl methyl sites for hydroxylation is 1. The van der Waals surface area contributed by atoms with Crippen LogP contribution in [0.4, 0.5) is 26.7 Å². The lowest BCUT2D eigenvalue weighted by Crippen LogP contribution is -2.59. The van der Waals surface area contributed by atoms with Crippen LogP contribution in [0.5, 0.6) is 0 Å². The van der Waals surface area contributed by atoms with Crippen molar-refractivity contribution in [3.8, 4) is 0 Å². The van der Waals surface area contributed by atoms with Crippen LogP contribution in [-0.2, 0) is 21.4 Å². The van der Waals surface area contributed by atoms with Crippen LogP contribution in [0.25, 0.3) is 0 Å². The standard InChI is InChI=1S/C21H17F5N2O3/c1-13-2-4-14(5-3-13)20(23,24)11-27-17(29)10-18(30)28(19(27)31)12-21(25,26)15-6-8-16(22)9-7-15/h2-9H,10-12H2,1H3. The number of imide groups is 2. The van der Waals surface area contributed by atoms with E-state index in [0.717, 1.165) is 36.4 Å². The Hall–Kier alpha value is -3.30. The number of benzene rings is 2. The maximum absolute atomic E-state index is 14.7. The molecule has 0 aromatic heterocycles. The van der Waals surface area contributed by atoms with Gasteiger partial charge in [-0.15, -0.1) is 0 Å². The van der Waals surface area contributed by atoms with Gasteiger partial charge in [0.2, 0.25) is 11.8 Å². The topological polar surface area (TPSA) is 57.7 Å². The Bertz CT molecular complexity index is 927. The second-order valence-electron chi connectivity index (χ2n) is 7.20. The normalized spacial score (nSPS) is 15.6. The summed E-state index contributed by atoms with van der Waals surface area (Å²) >= 11 is 0. The number of barbiturate groups is 1. The van der Waals surface area contributed by atoms with Gasteiger partial charge in [0.25, 0.3) is 11.8 Å². The third-order valence-corrected chi connectivity index (χ3v) is 4.82. The van der Waals surface area contributed by atoms with Crippen LogP contribution in [0.3, 0.4) is 0 Å². The Labute approximate surface area is 174 Å². The molecule has 10 heteroatoms. The number of halogens is 5. The SMILES string of the molecule is Cc1ccc(C(F)(F)CN2C(=O)CC(=O)N(CC(F)(F)c3ccc(F)cc3)C2=O)cc1. The predicted molar refractivity (Wildman–Crippen MR) is 98.8 cm³/mol. The second kappa shape index (κ2) is 8.09. The molecule has 0 saturated carbocycles. The van der Waals surface area contributed by atoms with Gasteiger partial charge in [0.15, 0.2) is 0 Å². The number of nitrogens with zero attached hydrogens (tertiary/aromatic N) is 2. The summed E-state index contributed by atoms with van der Waals surface area (Å²) in [5, 5.41) is 0. The molecule has 1 aliphatic rings. The lowest BCUT2D eigenvalue weighted by Gasteiger charge is -2.36. The van der Waals surface area contributed by atoms with E-state index in [0.29, 0.717) is 5.56 Å². The third kappa shape index (κ3) is 4.73. The molecule has 2 aromatic carbocycles. The fourth-order valence-electron chi connectivity index (χ4n) is 3.06. The molecule has 1 saturated heterocycles. The summed E-state index contributed by atoms with van der Waals surface area (Å²) in [5.74, 6) is -10.6. The Morgan fingerprint density at radius 1 is 0.742 bits per heavy atom. The zero-order chi connectivity index (χ0) is 23.0. The lowest BCUT2D eigenvalue weighted by molar-refractivity contribution is -0.149. The number of urea groups is 1. The lowest BCUT2D eigenvalue weighted by atomic mass is 10.0. The van der Waals surface area contributed by atoms with Crippen LogP contribution in [0.15, 0.2) is 48.5 Å². The zero-order valence-electron chi connectivity index (χ0n) is 16.2. The summed E-state index contributed by atoms with van der Waals surface area (Å²) in [5.41, 5.74) is -0.439. The molecule has 0 atom stereocenters. The number of alkyl halides is 4. The highest BCUT2D eigenvalue weighted by Gasteiger charge is 2.47. The average molecular weight is 440 g/mol. The van der Waals surface area contributed by atoms with E-state index in [1.165, 1.54) is 12.1 Å². The molecular weight excluding hydrogens is 423 g/mol. The van der Waals surface area contributed by atoms with E-state index >= 15 is 0 Å². The smallest absolute Gasteiger partial charge is 0.274 e. The predicted octanol–water partition coefficient (Wildman–Crippen LogP) is 4.20. The number of amides is 4. The molecule has 5 nitrogen and oxygen atoms in total. The van der Waals surface area contributed by atoms with Crippen LogP contribution in [0.1, 0.15) is 23.1 Å². The summed E-state index contributed by atoms with van der Waals surface area (Å²) in [6.45, 7) is -1.19. The molecule has 0 unspecified atom stereocenters. The van der Waals surface area contributed by atoms with Crippen LogP contribution in [-0.4, -0.2) is 40.7 Å². The number of carbonyl (C=O) groups excluding carboxylic acids is 3. The number of carbonyl (C=O) groups is 3. The van der Waals surface area contributed by atoms with Gasteiger partial charge in [0.05, 0.1) is 13.1 Å². The molecule has 0 bridgehead atoms. The van der Waals surface area contributed by atoms with Gasteiger partial charge in [0, 0.05) is 11.1 Å². The maximum Gasteiger partial charge on any atom is 0.333 e. The molecule has 2 aromatic rings. The summed E-state index contributed by atoms with van der Waals surface area (Å²) in [4.78, 5) is 36.9. The van der Waals surface area contributed by atoms with Gasteiger partial charge < -0.3 is 0 Å². The summed E-state index contributed by atoms with van der Waals surface area (Å²) in [7, 11) is 0. The molecule has 4 amide bonds. The van der Waals surface area contributed by atoms with Gasteiger partial charge in [0.1, 0.15) is 12.2 Å². The fourth-order valence-corrected chi connectivity index (χ4v) is 3.06. The Morgan fingerprint density at radius 2 is 1.13 bits per heavy atom. The van der Waals surface area contributed by atoms with Gasteiger partial charge in [-0.25, -0.2) is 9.18 Å². The first-order valence-corrected chi connectivity index (χ1v) is 9.14. The van der Waals surface area contributed by atoms with Gasteiger partial charge in [-0.1, -0.05) is 42.0 Å². The molecule has 1 fully saturated rings. The van der Waals surface area contributed by atoms with Crippen molar-refractivity contribution in [3.05, 3.63) is 71.0 Å². The van der Waals surface area contributed by atoms with E-state index < -0.39 is 66.1 Å². The van der Waals surface area contributed by atoms with E-state index in [9.17, 15) is 36.3 Å². The summed E-state index contributed by atoms with van der Waals surface area (Å²) in [6, 6.07) is 6.65. The Balaban J connectivity index is 1.82. The van der Waals surface area contributed by atoms with E-state index in [4.69, 9.17) is 0 Å².